The number of nitrogens with zero attached hydrogens (tertiary/aromatic N) is 2. The Kier molecular flexibility index (Phi) is 5.54. The second kappa shape index (κ2) is 7.66. The van der Waals surface area contributed by atoms with Gasteiger partial charge in [0, 0.05) is 18.2 Å². The molecule has 0 spiro atoms. The summed E-state index contributed by atoms with van der Waals surface area (Å²) >= 11 is 0. The molecule has 1 fully saturated rings. The smallest absolute Gasteiger partial charge is 0.175 e. The van der Waals surface area contributed by atoms with E-state index in [9.17, 15) is 8.42 Å². The molecule has 1 aliphatic carbocycles. The Hall–Kier alpha value is -1.73. The summed E-state index contributed by atoms with van der Waals surface area (Å²) in [5, 5.41) is 3.95. The van der Waals surface area contributed by atoms with E-state index in [1.54, 1.807) is 18.2 Å². The molecule has 6 nitrogen and oxygen atoms in total. The Labute approximate surface area is 148 Å². The largest absolute Gasteiger partial charge is 0.376 e. The molecule has 1 aromatic carbocycles. The standard InChI is InChI=1S/C18H25N3O3S/c1-13-5-3-4-6-17(13)24-10-9-19-18-15-11-14(25(2,22)23)7-8-16(15)20-12-21-18/h7-8,11-13,17H,3-6,9-10H2,1-2H3,(H,19,20,21). The van der Waals surface area contributed by atoms with Gasteiger partial charge in [-0.25, -0.2) is 18.4 Å². The highest BCUT2D eigenvalue weighted by atomic mass is 32.2. The third-order valence-electron chi connectivity index (χ3n) is 4.79. The lowest BCUT2D eigenvalue weighted by molar-refractivity contribution is 0.000380. The third kappa shape index (κ3) is 4.46. The van der Waals surface area contributed by atoms with Crippen LogP contribution >= 0.6 is 0 Å². The minimum Gasteiger partial charge on any atom is -0.376 e. The highest BCUT2D eigenvalue weighted by molar-refractivity contribution is 7.90. The van der Waals surface area contributed by atoms with Gasteiger partial charge in [-0.2, -0.15) is 0 Å². The molecule has 0 aliphatic heterocycles. The molecular weight excluding hydrogens is 338 g/mol. The van der Waals surface area contributed by atoms with Gasteiger partial charge >= 0.3 is 0 Å². The second-order valence-electron chi connectivity index (χ2n) is 6.77. The van der Waals surface area contributed by atoms with Gasteiger partial charge < -0.3 is 10.1 Å². The molecule has 2 aromatic rings. The van der Waals surface area contributed by atoms with Crippen LogP contribution in [0.3, 0.4) is 0 Å². The fourth-order valence-corrected chi connectivity index (χ4v) is 3.96. The topological polar surface area (TPSA) is 81.2 Å². The zero-order valence-electron chi connectivity index (χ0n) is 14.7. The van der Waals surface area contributed by atoms with Crippen molar-refractivity contribution >= 4 is 26.6 Å². The fourth-order valence-electron chi connectivity index (χ4n) is 3.32. The van der Waals surface area contributed by atoms with Crippen molar-refractivity contribution in [2.45, 2.75) is 43.6 Å². The van der Waals surface area contributed by atoms with E-state index >= 15 is 0 Å². The van der Waals surface area contributed by atoms with Crippen molar-refractivity contribution in [3.05, 3.63) is 24.5 Å². The Morgan fingerprint density at radius 3 is 2.80 bits per heavy atom. The molecule has 2 atom stereocenters. The lowest BCUT2D eigenvalue weighted by atomic mass is 9.88. The van der Waals surface area contributed by atoms with E-state index in [0.717, 1.165) is 6.42 Å². The van der Waals surface area contributed by atoms with E-state index in [1.807, 2.05) is 0 Å². The molecule has 1 saturated carbocycles. The molecule has 1 N–H and O–H groups in total. The molecule has 1 heterocycles. The number of hydrogen-bond donors (Lipinski definition) is 1. The minimum atomic E-state index is -3.26. The lowest BCUT2D eigenvalue weighted by Gasteiger charge is -2.28. The monoisotopic (exact) mass is 363 g/mol. The van der Waals surface area contributed by atoms with Crippen LogP contribution in [-0.4, -0.2) is 43.9 Å². The van der Waals surface area contributed by atoms with Crippen molar-refractivity contribution in [3.63, 3.8) is 0 Å². The number of anilines is 1. The number of rotatable bonds is 6. The summed E-state index contributed by atoms with van der Waals surface area (Å²) < 4.78 is 29.6. The molecule has 3 rings (SSSR count). The van der Waals surface area contributed by atoms with Crippen LogP contribution in [0.1, 0.15) is 32.6 Å². The molecule has 2 unspecified atom stereocenters. The average molecular weight is 363 g/mol. The first-order valence-electron chi connectivity index (χ1n) is 8.75. The van der Waals surface area contributed by atoms with Crippen LogP contribution in [0.15, 0.2) is 29.4 Å². The quantitative estimate of drug-likeness (QED) is 0.795. The van der Waals surface area contributed by atoms with Gasteiger partial charge in [0.15, 0.2) is 9.84 Å². The molecule has 136 valence electrons. The van der Waals surface area contributed by atoms with Gasteiger partial charge in [-0.3, -0.25) is 0 Å². The van der Waals surface area contributed by atoms with Crippen LogP contribution in [-0.2, 0) is 14.6 Å². The van der Waals surface area contributed by atoms with Crippen molar-refractivity contribution in [3.8, 4) is 0 Å². The molecule has 0 radical (unpaired) electrons. The Morgan fingerprint density at radius 1 is 1.24 bits per heavy atom. The summed E-state index contributed by atoms with van der Waals surface area (Å²) in [5.41, 5.74) is 0.715. The zero-order valence-corrected chi connectivity index (χ0v) is 15.6. The van der Waals surface area contributed by atoms with E-state index in [-0.39, 0.29) is 4.90 Å². The van der Waals surface area contributed by atoms with Crippen LogP contribution < -0.4 is 5.32 Å². The molecule has 0 bridgehead atoms. The van der Waals surface area contributed by atoms with E-state index in [1.165, 1.54) is 31.8 Å². The summed E-state index contributed by atoms with van der Waals surface area (Å²) in [7, 11) is -3.26. The summed E-state index contributed by atoms with van der Waals surface area (Å²) in [6.07, 6.45) is 7.94. The Morgan fingerprint density at radius 2 is 2.04 bits per heavy atom. The van der Waals surface area contributed by atoms with Gasteiger partial charge in [-0.1, -0.05) is 19.8 Å². The highest BCUT2D eigenvalue weighted by Crippen LogP contribution is 2.26. The molecule has 25 heavy (non-hydrogen) atoms. The lowest BCUT2D eigenvalue weighted by Crippen LogP contribution is -2.27. The van der Waals surface area contributed by atoms with E-state index in [2.05, 4.69) is 22.2 Å². The fraction of sp³-hybridized carbons (Fsp3) is 0.556. The summed E-state index contributed by atoms with van der Waals surface area (Å²) in [4.78, 5) is 8.72. The predicted molar refractivity (Wildman–Crippen MR) is 98.5 cm³/mol. The van der Waals surface area contributed by atoms with Crippen LogP contribution in [0.25, 0.3) is 10.9 Å². The zero-order chi connectivity index (χ0) is 17.9. The van der Waals surface area contributed by atoms with Gasteiger partial charge in [0.1, 0.15) is 12.1 Å². The molecule has 1 aliphatic rings. The number of benzene rings is 1. The van der Waals surface area contributed by atoms with E-state index < -0.39 is 9.84 Å². The van der Waals surface area contributed by atoms with Crippen molar-refractivity contribution in [1.29, 1.82) is 0 Å². The van der Waals surface area contributed by atoms with Gasteiger partial charge in [-0.15, -0.1) is 0 Å². The highest BCUT2D eigenvalue weighted by Gasteiger charge is 2.21. The summed E-state index contributed by atoms with van der Waals surface area (Å²) in [6, 6.07) is 4.90. The number of ether oxygens (including phenoxy) is 1. The first kappa shape index (κ1) is 18.1. The summed E-state index contributed by atoms with van der Waals surface area (Å²) in [6.45, 7) is 3.48. The average Bonchev–Trinajstić information content (AvgIpc) is 2.59. The predicted octanol–water partition coefficient (Wildman–Crippen LogP) is 3.04. The number of fused-ring (bicyclic) bond motifs is 1. The SMILES string of the molecule is CC1CCCCC1OCCNc1ncnc2ccc(S(C)(=O)=O)cc12. The molecule has 0 saturated heterocycles. The Balaban J connectivity index is 1.66. The van der Waals surface area contributed by atoms with Crippen molar-refractivity contribution in [2.24, 2.45) is 5.92 Å². The maximum atomic E-state index is 11.8. The van der Waals surface area contributed by atoms with Crippen LogP contribution in [0.5, 0.6) is 0 Å². The van der Waals surface area contributed by atoms with Crippen molar-refractivity contribution in [1.82, 2.24) is 9.97 Å². The van der Waals surface area contributed by atoms with E-state index in [0.29, 0.717) is 41.9 Å². The van der Waals surface area contributed by atoms with Gasteiger partial charge in [0.2, 0.25) is 0 Å². The van der Waals surface area contributed by atoms with Gasteiger partial charge in [0.05, 0.1) is 23.1 Å². The normalized spacial score (nSPS) is 21.4. The summed E-state index contributed by atoms with van der Waals surface area (Å²) in [5.74, 6) is 1.25. The van der Waals surface area contributed by atoms with Crippen LogP contribution in [0, 0.1) is 5.92 Å². The van der Waals surface area contributed by atoms with Crippen LogP contribution in [0.4, 0.5) is 5.82 Å². The van der Waals surface area contributed by atoms with Gasteiger partial charge in [0.25, 0.3) is 0 Å². The number of nitrogens with one attached hydrogen (secondary N) is 1. The second-order valence-corrected chi connectivity index (χ2v) is 8.79. The molecule has 1 aromatic heterocycles. The van der Waals surface area contributed by atoms with Gasteiger partial charge in [-0.05, 0) is 37.0 Å². The molecular formula is C18H25N3O3S. The van der Waals surface area contributed by atoms with Crippen molar-refractivity contribution in [2.75, 3.05) is 24.7 Å². The van der Waals surface area contributed by atoms with Crippen LogP contribution in [0.2, 0.25) is 0 Å². The minimum absolute atomic E-state index is 0.269. The first-order valence-corrected chi connectivity index (χ1v) is 10.6. The first-order chi connectivity index (χ1) is 11.9. The van der Waals surface area contributed by atoms with E-state index in [4.69, 9.17) is 4.74 Å². The molecule has 7 heteroatoms. The number of hydrogen-bond acceptors (Lipinski definition) is 6. The Bertz CT molecular complexity index is 839. The van der Waals surface area contributed by atoms with Crippen molar-refractivity contribution < 1.29 is 13.2 Å². The maximum absolute atomic E-state index is 11.8. The third-order valence-corrected chi connectivity index (χ3v) is 5.90. The number of sulfone groups is 1. The molecule has 0 amide bonds. The number of aromatic nitrogens is 2. The maximum Gasteiger partial charge on any atom is 0.175 e.